The predicted octanol–water partition coefficient (Wildman–Crippen LogP) is -0.257. The Kier molecular flexibility index (Phi) is 2.43. The van der Waals surface area contributed by atoms with Crippen LogP contribution in [-0.2, 0) is 10.0 Å². The molecule has 2 unspecified atom stereocenters. The SMILES string of the molecule is N#CC1(Cl)C=CN=CC1S(N)(=O)=O. The minimum Gasteiger partial charge on any atom is -0.268 e. The minimum absolute atomic E-state index is 1.05. The minimum atomic E-state index is -3.90. The maximum absolute atomic E-state index is 11.0. The lowest BCUT2D eigenvalue weighted by atomic mass is 10.1. The molecule has 0 saturated heterocycles. The van der Waals surface area contributed by atoms with E-state index in [1.165, 1.54) is 12.3 Å². The Balaban J connectivity index is 3.20. The molecule has 1 rings (SSSR count). The molecule has 0 saturated carbocycles. The molecule has 7 heteroatoms. The zero-order chi connectivity index (χ0) is 10.1. The Morgan fingerprint density at radius 1 is 1.69 bits per heavy atom. The number of primary sulfonamides is 1. The first-order valence-electron chi connectivity index (χ1n) is 3.23. The topological polar surface area (TPSA) is 96.3 Å². The second kappa shape index (κ2) is 3.10. The van der Waals surface area contributed by atoms with Crippen molar-refractivity contribution in [3.63, 3.8) is 0 Å². The molecule has 0 radical (unpaired) electrons. The van der Waals surface area contributed by atoms with E-state index in [1.54, 1.807) is 6.07 Å². The van der Waals surface area contributed by atoms with Crippen molar-refractivity contribution in [2.45, 2.75) is 10.1 Å². The van der Waals surface area contributed by atoms with Crippen molar-refractivity contribution in [1.82, 2.24) is 0 Å². The van der Waals surface area contributed by atoms with Gasteiger partial charge in [0.2, 0.25) is 10.0 Å². The Morgan fingerprint density at radius 2 is 2.31 bits per heavy atom. The van der Waals surface area contributed by atoms with Crippen molar-refractivity contribution in [2.75, 3.05) is 0 Å². The van der Waals surface area contributed by atoms with Crippen LogP contribution in [0.5, 0.6) is 0 Å². The Labute approximate surface area is 80.6 Å². The van der Waals surface area contributed by atoms with Crippen LogP contribution in [0.3, 0.4) is 0 Å². The maximum Gasteiger partial charge on any atom is 0.220 e. The van der Waals surface area contributed by atoms with Gasteiger partial charge in [0.1, 0.15) is 5.25 Å². The van der Waals surface area contributed by atoms with Gasteiger partial charge >= 0.3 is 0 Å². The summed E-state index contributed by atoms with van der Waals surface area (Å²) in [6, 6.07) is 1.67. The zero-order valence-electron chi connectivity index (χ0n) is 6.38. The molecule has 0 aromatic heterocycles. The van der Waals surface area contributed by atoms with Crippen LogP contribution in [0.25, 0.3) is 0 Å². The van der Waals surface area contributed by atoms with E-state index in [2.05, 4.69) is 4.99 Å². The van der Waals surface area contributed by atoms with Crippen LogP contribution in [0.1, 0.15) is 0 Å². The molecule has 0 aromatic carbocycles. The van der Waals surface area contributed by atoms with Gasteiger partial charge in [-0.05, 0) is 6.08 Å². The number of nitrogens with zero attached hydrogens (tertiary/aromatic N) is 2. The number of nitrogens with two attached hydrogens (primary N) is 1. The molecule has 0 bridgehead atoms. The molecule has 0 fully saturated rings. The largest absolute Gasteiger partial charge is 0.268 e. The summed E-state index contributed by atoms with van der Waals surface area (Å²) in [4.78, 5) is 1.92. The summed E-state index contributed by atoms with van der Waals surface area (Å²) in [5.74, 6) is 0. The van der Waals surface area contributed by atoms with Gasteiger partial charge in [-0.15, -0.1) is 0 Å². The number of aliphatic imine (C=N–C) groups is 1. The van der Waals surface area contributed by atoms with Gasteiger partial charge in [0, 0.05) is 12.4 Å². The number of sulfonamides is 1. The summed E-state index contributed by atoms with van der Waals surface area (Å²) in [6.07, 6.45) is 3.51. The van der Waals surface area contributed by atoms with E-state index in [1.807, 2.05) is 0 Å². The van der Waals surface area contributed by atoms with Gasteiger partial charge in [-0.2, -0.15) is 5.26 Å². The van der Waals surface area contributed by atoms with Gasteiger partial charge < -0.3 is 0 Å². The molecule has 0 aliphatic carbocycles. The molecule has 0 spiro atoms. The molecule has 0 amide bonds. The molecule has 0 aromatic rings. The van der Waals surface area contributed by atoms with Crippen LogP contribution in [0.15, 0.2) is 17.3 Å². The van der Waals surface area contributed by atoms with Crippen LogP contribution in [-0.4, -0.2) is 24.8 Å². The number of allylic oxidation sites excluding steroid dienone is 1. The highest BCUT2D eigenvalue weighted by Crippen LogP contribution is 2.26. The van der Waals surface area contributed by atoms with E-state index in [9.17, 15) is 8.42 Å². The fraction of sp³-hybridized carbons (Fsp3) is 0.333. The van der Waals surface area contributed by atoms with Gasteiger partial charge in [0.15, 0.2) is 4.87 Å². The third-order valence-electron chi connectivity index (χ3n) is 1.56. The van der Waals surface area contributed by atoms with Crippen molar-refractivity contribution in [3.05, 3.63) is 12.3 Å². The van der Waals surface area contributed by atoms with E-state index in [0.29, 0.717) is 0 Å². The van der Waals surface area contributed by atoms with E-state index in [0.717, 1.165) is 6.21 Å². The van der Waals surface area contributed by atoms with Gasteiger partial charge in [-0.25, -0.2) is 13.6 Å². The predicted molar refractivity (Wildman–Crippen MR) is 48.7 cm³/mol. The Morgan fingerprint density at radius 3 is 2.69 bits per heavy atom. The summed E-state index contributed by atoms with van der Waals surface area (Å²) in [5, 5.41) is 12.2. The maximum atomic E-state index is 11.0. The van der Waals surface area contributed by atoms with E-state index in [4.69, 9.17) is 22.0 Å². The third kappa shape index (κ3) is 1.88. The summed E-state index contributed by atoms with van der Waals surface area (Å²) < 4.78 is 22.0. The van der Waals surface area contributed by atoms with Crippen LogP contribution in [0.2, 0.25) is 0 Å². The fourth-order valence-corrected chi connectivity index (χ4v) is 2.24. The number of rotatable bonds is 1. The van der Waals surface area contributed by atoms with Crippen LogP contribution >= 0.6 is 11.6 Å². The van der Waals surface area contributed by atoms with Crippen molar-refractivity contribution in [2.24, 2.45) is 10.1 Å². The number of alkyl halides is 1. The van der Waals surface area contributed by atoms with Crippen LogP contribution in [0.4, 0.5) is 0 Å². The lowest BCUT2D eigenvalue weighted by molar-refractivity contribution is 0.589. The van der Waals surface area contributed by atoms with Gasteiger partial charge in [-0.3, -0.25) is 4.99 Å². The van der Waals surface area contributed by atoms with Gasteiger partial charge in [0.05, 0.1) is 6.07 Å². The molecule has 13 heavy (non-hydrogen) atoms. The molecule has 1 aliphatic rings. The van der Waals surface area contributed by atoms with E-state index in [-0.39, 0.29) is 0 Å². The second-order valence-electron chi connectivity index (χ2n) is 2.50. The molecule has 1 heterocycles. The summed E-state index contributed by atoms with van der Waals surface area (Å²) in [6.45, 7) is 0. The number of nitriles is 1. The third-order valence-corrected chi connectivity index (χ3v) is 3.34. The molecular weight excluding hydrogens is 214 g/mol. The highest BCUT2D eigenvalue weighted by Gasteiger charge is 2.42. The first-order valence-corrected chi connectivity index (χ1v) is 5.22. The second-order valence-corrected chi connectivity index (χ2v) is 4.81. The molecular formula is C6H6ClN3O2S. The number of hydrogen-bond acceptors (Lipinski definition) is 4. The Bertz CT molecular complexity index is 408. The molecule has 1 aliphatic heterocycles. The highest BCUT2D eigenvalue weighted by atomic mass is 35.5. The summed E-state index contributed by atoms with van der Waals surface area (Å²) in [7, 11) is -3.90. The first kappa shape index (κ1) is 10.2. The average Bonchev–Trinajstić information content (AvgIpc) is 2.03. The van der Waals surface area contributed by atoms with Crippen molar-refractivity contribution in [1.29, 1.82) is 5.26 Å². The lowest BCUT2D eigenvalue weighted by Crippen LogP contribution is -2.45. The van der Waals surface area contributed by atoms with Crippen molar-refractivity contribution >= 4 is 27.8 Å². The van der Waals surface area contributed by atoms with Crippen LogP contribution in [0, 0.1) is 11.3 Å². The number of halogens is 1. The highest BCUT2D eigenvalue weighted by molar-refractivity contribution is 7.90. The Hall–Kier alpha value is -0.900. The molecule has 5 nitrogen and oxygen atoms in total. The molecule has 2 N–H and O–H groups in total. The van der Waals surface area contributed by atoms with E-state index < -0.39 is 20.1 Å². The fourth-order valence-electron chi connectivity index (χ4n) is 0.907. The van der Waals surface area contributed by atoms with Gasteiger partial charge in [0.25, 0.3) is 0 Å². The van der Waals surface area contributed by atoms with Crippen LogP contribution < -0.4 is 5.14 Å². The number of hydrogen-bond donors (Lipinski definition) is 1. The lowest BCUT2D eigenvalue weighted by Gasteiger charge is -2.22. The van der Waals surface area contributed by atoms with Crippen molar-refractivity contribution in [3.8, 4) is 6.07 Å². The zero-order valence-corrected chi connectivity index (χ0v) is 7.96. The first-order chi connectivity index (χ1) is 5.90. The monoisotopic (exact) mass is 219 g/mol. The summed E-state index contributed by atoms with van der Waals surface area (Å²) >= 11 is 5.71. The average molecular weight is 220 g/mol. The van der Waals surface area contributed by atoms with Gasteiger partial charge in [-0.1, -0.05) is 11.6 Å². The quantitative estimate of drug-likeness (QED) is 0.616. The molecule has 2 atom stereocenters. The summed E-state index contributed by atoms with van der Waals surface area (Å²) in [5.41, 5.74) is 0. The van der Waals surface area contributed by atoms with E-state index >= 15 is 0 Å². The molecule has 70 valence electrons. The smallest absolute Gasteiger partial charge is 0.220 e. The standard InChI is InChI=1S/C6H6ClN3O2S/c7-6(4-8)1-2-10-3-5(6)13(9,11)12/h1-3,5H,(H2,9,11,12). The van der Waals surface area contributed by atoms with Crippen molar-refractivity contribution < 1.29 is 8.42 Å². The normalized spacial score (nSPS) is 32.8.